The van der Waals surface area contributed by atoms with Crippen LogP contribution in [0.3, 0.4) is 0 Å². The van der Waals surface area contributed by atoms with E-state index in [1.807, 2.05) is 0 Å². The molecule has 0 heterocycles. The third-order valence-electron chi connectivity index (χ3n) is 5.58. The first-order valence-electron chi connectivity index (χ1n) is 10.0. The van der Waals surface area contributed by atoms with Gasteiger partial charge in [-0.15, -0.1) is 0 Å². The van der Waals surface area contributed by atoms with Gasteiger partial charge in [0.1, 0.15) is 17.2 Å². The minimum Gasteiger partial charge on any atom is -0.206 e. The fraction of sp³-hybridized carbons (Fsp3) is 0.636. The van der Waals surface area contributed by atoms with Crippen molar-refractivity contribution in [3.63, 3.8) is 0 Å². The molecule has 5 heteroatoms. The Balaban J connectivity index is 1.76. The molecule has 0 aliphatic heterocycles. The van der Waals surface area contributed by atoms with Crippen LogP contribution in [0.4, 0.5) is 22.0 Å². The molecule has 0 atom stereocenters. The number of rotatable bonds is 8. The number of allylic oxidation sites excluding steroid dienone is 2. The summed E-state index contributed by atoms with van der Waals surface area (Å²) in [5.41, 5.74) is -1.48. The summed E-state index contributed by atoms with van der Waals surface area (Å²) in [7, 11) is 0. The molecule has 0 amide bonds. The van der Waals surface area contributed by atoms with Crippen LogP contribution in [0.1, 0.15) is 75.8 Å². The highest BCUT2D eigenvalue weighted by molar-refractivity contribution is 5.28. The maximum absolute atomic E-state index is 13.7. The zero-order chi connectivity index (χ0) is 19.9. The Morgan fingerprint density at radius 2 is 1.48 bits per heavy atom. The van der Waals surface area contributed by atoms with Gasteiger partial charge < -0.3 is 0 Å². The van der Waals surface area contributed by atoms with Crippen molar-refractivity contribution < 1.29 is 22.0 Å². The van der Waals surface area contributed by atoms with Gasteiger partial charge in [-0.3, -0.25) is 0 Å². The van der Waals surface area contributed by atoms with Crippen molar-refractivity contribution in [1.82, 2.24) is 0 Å². The van der Waals surface area contributed by atoms with E-state index in [9.17, 15) is 22.0 Å². The molecule has 1 saturated carbocycles. The van der Waals surface area contributed by atoms with E-state index in [-0.39, 0.29) is 0 Å². The number of unbranched alkanes of at least 4 members (excludes halogenated alkanes) is 1. The van der Waals surface area contributed by atoms with Gasteiger partial charge in [-0.25, -0.2) is 8.78 Å². The van der Waals surface area contributed by atoms with E-state index in [4.69, 9.17) is 0 Å². The molecule has 0 unspecified atom stereocenters. The third-order valence-corrected chi connectivity index (χ3v) is 5.58. The molecule has 1 aromatic rings. The van der Waals surface area contributed by atoms with E-state index >= 15 is 0 Å². The second kappa shape index (κ2) is 10.2. The molecule has 0 saturated heterocycles. The van der Waals surface area contributed by atoms with Crippen LogP contribution in [0.25, 0.3) is 0 Å². The van der Waals surface area contributed by atoms with Crippen LogP contribution in [0, 0.1) is 23.5 Å². The van der Waals surface area contributed by atoms with Gasteiger partial charge in [0.2, 0.25) is 0 Å². The topological polar surface area (TPSA) is 0 Å². The van der Waals surface area contributed by atoms with Crippen molar-refractivity contribution in [2.75, 3.05) is 0 Å². The van der Waals surface area contributed by atoms with Gasteiger partial charge in [0.15, 0.2) is 0 Å². The first-order chi connectivity index (χ1) is 12.8. The van der Waals surface area contributed by atoms with Crippen molar-refractivity contribution in [3.8, 4) is 0 Å². The maximum atomic E-state index is 13.7. The SMILES string of the molecule is CCC=CCCCC1CCC(CCc2cc(F)c(C(F)(F)F)c(F)c2)CC1. The summed E-state index contributed by atoms with van der Waals surface area (Å²) < 4.78 is 65.2. The summed E-state index contributed by atoms with van der Waals surface area (Å²) in [6.07, 6.45) is 9.87. The van der Waals surface area contributed by atoms with Crippen LogP contribution < -0.4 is 0 Å². The van der Waals surface area contributed by atoms with Crippen LogP contribution in [-0.4, -0.2) is 0 Å². The molecule has 0 aromatic heterocycles. The van der Waals surface area contributed by atoms with Crippen molar-refractivity contribution in [2.24, 2.45) is 11.8 Å². The largest absolute Gasteiger partial charge is 0.422 e. The minimum atomic E-state index is -5.00. The highest BCUT2D eigenvalue weighted by Crippen LogP contribution is 2.36. The maximum Gasteiger partial charge on any atom is 0.422 e. The van der Waals surface area contributed by atoms with Crippen molar-refractivity contribution in [2.45, 2.75) is 77.3 Å². The monoisotopic (exact) mass is 388 g/mol. The smallest absolute Gasteiger partial charge is 0.206 e. The van der Waals surface area contributed by atoms with Crippen LogP contribution in [-0.2, 0) is 12.6 Å². The standard InChI is InChI=1S/C22H29F5/c1-2-3-4-5-6-7-16-8-10-17(11-9-16)12-13-18-14-19(23)21(20(24)15-18)22(25,26)27/h3-4,14-17H,2,5-13H2,1H3. The summed E-state index contributed by atoms with van der Waals surface area (Å²) >= 11 is 0. The first kappa shape index (κ1) is 21.9. The van der Waals surface area contributed by atoms with Gasteiger partial charge >= 0.3 is 6.18 Å². The highest BCUT2D eigenvalue weighted by Gasteiger charge is 2.37. The van der Waals surface area contributed by atoms with Gasteiger partial charge in [-0.1, -0.05) is 51.2 Å². The molecule has 1 fully saturated rings. The average molecular weight is 388 g/mol. The molecule has 152 valence electrons. The van der Waals surface area contributed by atoms with Gasteiger partial charge in [0.25, 0.3) is 0 Å². The first-order valence-corrected chi connectivity index (χ1v) is 10.0. The van der Waals surface area contributed by atoms with E-state index < -0.39 is 23.4 Å². The molecule has 1 aliphatic carbocycles. The summed E-state index contributed by atoms with van der Waals surface area (Å²) in [4.78, 5) is 0. The Morgan fingerprint density at radius 3 is 2.00 bits per heavy atom. The molecule has 2 rings (SSSR count). The van der Waals surface area contributed by atoms with Gasteiger partial charge in [-0.2, -0.15) is 13.2 Å². The zero-order valence-corrected chi connectivity index (χ0v) is 15.9. The Kier molecular flexibility index (Phi) is 8.30. The lowest BCUT2D eigenvalue weighted by Gasteiger charge is -2.28. The van der Waals surface area contributed by atoms with Crippen molar-refractivity contribution in [3.05, 3.63) is 47.0 Å². The number of hydrogen-bond donors (Lipinski definition) is 0. The molecule has 0 nitrogen and oxygen atoms in total. The number of halogens is 5. The van der Waals surface area contributed by atoms with Gasteiger partial charge in [0.05, 0.1) is 0 Å². The number of alkyl halides is 3. The van der Waals surface area contributed by atoms with Gasteiger partial charge in [-0.05, 0) is 61.6 Å². The molecule has 1 aliphatic rings. The predicted molar refractivity (Wildman–Crippen MR) is 98.4 cm³/mol. The quantitative estimate of drug-likeness (QED) is 0.241. The molecule has 0 spiro atoms. The van der Waals surface area contributed by atoms with E-state index in [0.29, 0.717) is 17.9 Å². The lowest BCUT2D eigenvalue weighted by Crippen LogP contribution is -2.15. The fourth-order valence-electron chi connectivity index (χ4n) is 4.03. The highest BCUT2D eigenvalue weighted by atomic mass is 19.4. The second-order valence-electron chi connectivity index (χ2n) is 7.67. The number of hydrogen-bond acceptors (Lipinski definition) is 0. The molecule has 27 heavy (non-hydrogen) atoms. The predicted octanol–water partition coefficient (Wildman–Crippen LogP) is 7.86. The zero-order valence-electron chi connectivity index (χ0n) is 15.9. The molecule has 1 aromatic carbocycles. The average Bonchev–Trinajstić information content (AvgIpc) is 2.59. The molecular formula is C22H29F5. The van der Waals surface area contributed by atoms with Crippen LogP contribution in [0.15, 0.2) is 24.3 Å². The minimum absolute atomic E-state index is 0.308. The Hall–Kier alpha value is -1.39. The Labute approximate surface area is 158 Å². The lowest BCUT2D eigenvalue weighted by atomic mass is 9.78. The summed E-state index contributed by atoms with van der Waals surface area (Å²) in [6, 6.07) is 1.67. The van der Waals surface area contributed by atoms with Gasteiger partial charge in [0, 0.05) is 0 Å². The Bertz CT molecular complexity index is 587. The van der Waals surface area contributed by atoms with Crippen LogP contribution in [0.2, 0.25) is 0 Å². The fourth-order valence-corrected chi connectivity index (χ4v) is 4.03. The third kappa shape index (κ3) is 6.93. The summed E-state index contributed by atoms with van der Waals surface area (Å²) in [5.74, 6) is -1.77. The van der Waals surface area contributed by atoms with Crippen molar-refractivity contribution >= 4 is 0 Å². The normalized spacial score (nSPS) is 21.1. The van der Waals surface area contributed by atoms with Crippen LogP contribution in [0.5, 0.6) is 0 Å². The Morgan fingerprint density at radius 1 is 0.926 bits per heavy atom. The molecular weight excluding hydrogens is 359 g/mol. The molecule has 0 bridgehead atoms. The lowest BCUT2D eigenvalue weighted by molar-refractivity contribution is -0.142. The van der Waals surface area contributed by atoms with E-state index in [1.54, 1.807) is 0 Å². The molecule has 0 N–H and O–H groups in total. The van der Waals surface area contributed by atoms with E-state index in [2.05, 4.69) is 19.1 Å². The van der Waals surface area contributed by atoms with E-state index in [0.717, 1.165) is 50.2 Å². The number of aryl methyl sites for hydroxylation is 1. The molecule has 0 radical (unpaired) electrons. The summed E-state index contributed by atoms with van der Waals surface area (Å²) in [6.45, 7) is 2.13. The van der Waals surface area contributed by atoms with Crippen LogP contribution >= 0.6 is 0 Å². The van der Waals surface area contributed by atoms with Crippen molar-refractivity contribution in [1.29, 1.82) is 0 Å². The number of benzene rings is 1. The second-order valence-corrected chi connectivity index (χ2v) is 7.67. The van der Waals surface area contributed by atoms with E-state index in [1.165, 1.54) is 25.7 Å². The summed E-state index contributed by atoms with van der Waals surface area (Å²) in [5, 5.41) is 0.